The summed E-state index contributed by atoms with van der Waals surface area (Å²) in [7, 11) is 0. The summed E-state index contributed by atoms with van der Waals surface area (Å²) in [6, 6.07) is 15.9. The quantitative estimate of drug-likeness (QED) is 0.420. The van der Waals surface area contributed by atoms with Gasteiger partial charge in [0, 0.05) is 54.7 Å². The van der Waals surface area contributed by atoms with Crippen molar-refractivity contribution >= 4 is 22.8 Å². The topological polar surface area (TPSA) is 56.6 Å². The maximum Gasteiger partial charge on any atom is 0.231 e. The normalized spacial score (nSPS) is 16.5. The van der Waals surface area contributed by atoms with Crippen LogP contribution >= 0.6 is 0 Å². The van der Waals surface area contributed by atoms with E-state index in [1.54, 1.807) is 6.20 Å². The highest BCUT2D eigenvalue weighted by molar-refractivity contribution is 6.15. The lowest BCUT2D eigenvalue weighted by molar-refractivity contribution is 0.0872. The lowest BCUT2D eigenvalue weighted by Gasteiger charge is -2.29. The largest absolute Gasteiger partial charge is 0.478 e. The minimum atomic E-state index is -0.0921. The molecule has 0 spiro atoms. The number of hydrogen-bond acceptors (Lipinski definition) is 5. The fourth-order valence-electron chi connectivity index (χ4n) is 4.65. The molecule has 0 fully saturated rings. The van der Waals surface area contributed by atoms with Gasteiger partial charge in [0.25, 0.3) is 0 Å². The SMILES string of the molecule is CCn1cc(/C=C2\Oc3c(ccc4c3CN(Cc3cccnc3)CO4)C2=O)c2ccccc21. The smallest absolute Gasteiger partial charge is 0.231 e. The van der Waals surface area contributed by atoms with Crippen molar-refractivity contribution in [3.63, 3.8) is 0 Å². The number of aryl methyl sites for hydroxylation is 1. The summed E-state index contributed by atoms with van der Waals surface area (Å²) in [5.41, 5.74) is 4.74. The minimum Gasteiger partial charge on any atom is -0.478 e. The molecule has 0 saturated carbocycles. The van der Waals surface area contributed by atoms with E-state index in [-0.39, 0.29) is 5.78 Å². The van der Waals surface area contributed by atoms with E-state index in [1.807, 2.05) is 48.7 Å². The molecule has 0 amide bonds. The highest BCUT2D eigenvalue weighted by atomic mass is 16.5. The van der Waals surface area contributed by atoms with E-state index in [0.29, 0.717) is 36.9 Å². The maximum absolute atomic E-state index is 13.2. The molecule has 6 nitrogen and oxygen atoms in total. The minimum absolute atomic E-state index is 0.0921. The zero-order valence-corrected chi connectivity index (χ0v) is 18.3. The van der Waals surface area contributed by atoms with Gasteiger partial charge < -0.3 is 14.0 Å². The Labute approximate surface area is 191 Å². The summed E-state index contributed by atoms with van der Waals surface area (Å²) in [6.45, 7) is 4.80. The molecule has 2 aromatic carbocycles. The summed E-state index contributed by atoms with van der Waals surface area (Å²) >= 11 is 0. The van der Waals surface area contributed by atoms with E-state index in [4.69, 9.17) is 9.47 Å². The van der Waals surface area contributed by atoms with Crippen molar-refractivity contribution in [2.24, 2.45) is 0 Å². The van der Waals surface area contributed by atoms with Crippen molar-refractivity contribution in [3.8, 4) is 11.5 Å². The summed E-state index contributed by atoms with van der Waals surface area (Å²) in [4.78, 5) is 19.6. The van der Waals surface area contributed by atoms with Gasteiger partial charge in [0.05, 0.1) is 11.1 Å². The number of aromatic nitrogens is 2. The van der Waals surface area contributed by atoms with Crippen LogP contribution in [-0.4, -0.2) is 27.0 Å². The highest BCUT2D eigenvalue weighted by Gasteiger charge is 2.33. The van der Waals surface area contributed by atoms with Crippen LogP contribution in [0.4, 0.5) is 0 Å². The molecule has 2 aliphatic rings. The lowest BCUT2D eigenvalue weighted by Crippen LogP contribution is -2.31. The van der Waals surface area contributed by atoms with E-state index in [2.05, 4.69) is 39.7 Å². The van der Waals surface area contributed by atoms with E-state index in [9.17, 15) is 4.79 Å². The van der Waals surface area contributed by atoms with Crippen molar-refractivity contribution < 1.29 is 14.3 Å². The highest BCUT2D eigenvalue weighted by Crippen LogP contribution is 2.42. The number of carbonyl (C=O) groups is 1. The van der Waals surface area contributed by atoms with Gasteiger partial charge in [0.15, 0.2) is 5.76 Å². The second kappa shape index (κ2) is 7.90. The molecule has 164 valence electrons. The Hall–Kier alpha value is -3.90. The number of carbonyl (C=O) groups excluding carboxylic acids is 1. The van der Waals surface area contributed by atoms with Crippen molar-refractivity contribution in [2.75, 3.05) is 6.73 Å². The number of fused-ring (bicyclic) bond motifs is 4. The standard InChI is InChI=1S/C27H23N3O3/c1-2-30-15-19(20-7-3-4-8-23(20)30)12-25-26(31)21-9-10-24-22(27(21)33-25)16-29(17-32-24)14-18-6-5-11-28-13-18/h3-13,15H,2,14,16-17H2,1H3/b25-12-. The molecule has 4 aromatic rings. The van der Waals surface area contributed by atoms with E-state index in [1.165, 1.54) is 0 Å². The van der Waals surface area contributed by atoms with Crippen LogP contribution in [0.1, 0.15) is 34.0 Å². The molecule has 0 N–H and O–H groups in total. The number of ketones is 1. The molecule has 6 heteroatoms. The molecule has 0 bridgehead atoms. The molecule has 33 heavy (non-hydrogen) atoms. The Balaban J connectivity index is 1.33. The first kappa shape index (κ1) is 19.8. The van der Waals surface area contributed by atoms with E-state index >= 15 is 0 Å². The fourth-order valence-corrected chi connectivity index (χ4v) is 4.65. The van der Waals surface area contributed by atoms with Crippen molar-refractivity contribution in [2.45, 2.75) is 26.6 Å². The lowest BCUT2D eigenvalue weighted by atomic mass is 10.0. The van der Waals surface area contributed by atoms with Gasteiger partial charge in [-0.25, -0.2) is 0 Å². The van der Waals surface area contributed by atoms with Crippen LogP contribution in [0, 0.1) is 0 Å². The van der Waals surface area contributed by atoms with Crippen molar-refractivity contribution in [3.05, 3.63) is 95.1 Å². The maximum atomic E-state index is 13.2. The van der Waals surface area contributed by atoms with Gasteiger partial charge in [-0.3, -0.25) is 14.7 Å². The Bertz CT molecular complexity index is 1410. The number of hydrogen-bond donors (Lipinski definition) is 0. The third-order valence-corrected chi connectivity index (χ3v) is 6.26. The van der Waals surface area contributed by atoms with Crippen LogP contribution in [-0.2, 0) is 19.6 Å². The summed E-state index contributed by atoms with van der Waals surface area (Å²) in [5.74, 6) is 1.64. The molecule has 0 atom stereocenters. The van der Waals surface area contributed by atoms with Crippen LogP contribution in [0.15, 0.2) is 72.9 Å². The van der Waals surface area contributed by atoms with Crippen LogP contribution in [0.3, 0.4) is 0 Å². The van der Waals surface area contributed by atoms with Gasteiger partial charge in [-0.15, -0.1) is 0 Å². The molecule has 0 radical (unpaired) electrons. The first-order chi connectivity index (χ1) is 16.2. The van der Waals surface area contributed by atoms with Crippen molar-refractivity contribution in [1.29, 1.82) is 0 Å². The first-order valence-electron chi connectivity index (χ1n) is 11.1. The number of benzene rings is 2. The first-order valence-corrected chi connectivity index (χ1v) is 11.1. The molecule has 0 aliphatic carbocycles. The van der Waals surface area contributed by atoms with Gasteiger partial charge in [-0.05, 0) is 42.8 Å². The third kappa shape index (κ3) is 3.39. The number of para-hydroxylation sites is 1. The van der Waals surface area contributed by atoms with Crippen LogP contribution < -0.4 is 9.47 Å². The molecular weight excluding hydrogens is 414 g/mol. The van der Waals surface area contributed by atoms with Gasteiger partial charge >= 0.3 is 0 Å². The zero-order valence-electron chi connectivity index (χ0n) is 18.3. The molecule has 2 aromatic heterocycles. The predicted octanol–water partition coefficient (Wildman–Crippen LogP) is 5.02. The average molecular weight is 437 g/mol. The monoisotopic (exact) mass is 437 g/mol. The summed E-state index contributed by atoms with van der Waals surface area (Å²) in [6.07, 6.45) is 7.56. The van der Waals surface area contributed by atoms with Gasteiger partial charge in [0.2, 0.25) is 5.78 Å². The molecular formula is C27H23N3O3. The fraction of sp³-hybridized carbons (Fsp3) is 0.185. The number of Topliss-reactive ketones (excluding diaryl/α,β-unsaturated/α-hetero) is 1. The van der Waals surface area contributed by atoms with Crippen molar-refractivity contribution in [1.82, 2.24) is 14.5 Å². The third-order valence-electron chi connectivity index (χ3n) is 6.26. The number of rotatable bonds is 4. The number of pyridine rings is 1. The average Bonchev–Trinajstić information content (AvgIpc) is 3.37. The molecule has 0 saturated heterocycles. The summed E-state index contributed by atoms with van der Waals surface area (Å²) in [5, 5.41) is 1.10. The second-order valence-corrected chi connectivity index (χ2v) is 8.37. The number of allylic oxidation sites excluding steroid dienone is 1. The van der Waals surface area contributed by atoms with Crippen LogP contribution in [0.25, 0.3) is 17.0 Å². The second-order valence-electron chi connectivity index (χ2n) is 8.37. The van der Waals surface area contributed by atoms with Gasteiger partial charge in [-0.2, -0.15) is 0 Å². The van der Waals surface area contributed by atoms with Gasteiger partial charge in [0.1, 0.15) is 18.2 Å². The molecule has 2 aliphatic heterocycles. The van der Waals surface area contributed by atoms with Crippen LogP contribution in [0.2, 0.25) is 0 Å². The Kier molecular flexibility index (Phi) is 4.73. The summed E-state index contributed by atoms with van der Waals surface area (Å²) < 4.78 is 14.4. The molecule has 0 unspecified atom stereocenters. The Morgan fingerprint density at radius 3 is 2.88 bits per heavy atom. The van der Waals surface area contributed by atoms with Gasteiger partial charge in [-0.1, -0.05) is 24.3 Å². The number of nitrogens with zero attached hydrogens (tertiary/aromatic N) is 3. The van der Waals surface area contributed by atoms with E-state index < -0.39 is 0 Å². The Morgan fingerprint density at radius 1 is 1.12 bits per heavy atom. The van der Waals surface area contributed by atoms with E-state index in [0.717, 1.165) is 39.9 Å². The number of ether oxygens (including phenoxy) is 2. The molecule has 6 rings (SSSR count). The predicted molar refractivity (Wildman–Crippen MR) is 126 cm³/mol. The Morgan fingerprint density at radius 2 is 2.03 bits per heavy atom. The molecule has 4 heterocycles. The van der Waals surface area contributed by atoms with Crippen LogP contribution in [0.5, 0.6) is 11.5 Å². The zero-order chi connectivity index (χ0) is 22.4.